The number of benzene rings is 2. The normalized spacial score (nSPS) is 22.5. The van der Waals surface area contributed by atoms with Gasteiger partial charge in [-0.1, -0.05) is 36.4 Å². The van der Waals surface area contributed by atoms with Crippen LogP contribution in [0.5, 0.6) is 5.75 Å². The number of nitrogens with one attached hydrogen (secondary N) is 2. The highest BCUT2D eigenvalue weighted by atomic mass is 16.5. The summed E-state index contributed by atoms with van der Waals surface area (Å²) in [6.07, 6.45) is 4.10. The number of para-hydroxylation sites is 2. The standard InChI is InChI=1S/C27H34N4O3/c1-30-17-13-27(14-18-30)19-23(22-9-5-6-10-24(22)34-27)29-25(32)20-11-15-31(16-12-20)26(33)28-21-7-3-2-4-8-21/h2-10,20,23H,11-19H2,1H3,(H,28,33)(H,29,32)/t23-/m0/s1. The average molecular weight is 463 g/mol. The van der Waals surface area contributed by atoms with E-state index < -0.39 is 0 Å². The zero-order chi connectivity index (χ0) is 23.5. The minimum atomic E-state index is -0.211. The van der Waals surface area contributed by atoms with Crippen LogP contribution in [0.1, 0.15) is 43.7 Å². The summed E-state index contributed by atoms with van der Waals surface area (Å²) in [4.78, 5) is 30.0. The van der Waals surface area contributed by atoms with Gasteiger partial charge in [-0.15, -0.1) is 0 Å². The summed E-state index contributed by atoms with van der Waals surface area (Å²) in [6.45, 7) is 3.17. The van der Waals surface area contributed by atoms with Crippen LogP contribution in [0.15, 0.2) is 54.6 Å². The van der Waals surface area contributed by atoms with Gasteiger partial charge in [0.05, 0.1) is 6.04 Å². The molecular formula is C27H34N4O3. The molecule has 180 valence electrons. The quantitative estimate of drug-likeness (QED) is 0.722. The van der Waals surface area contributed by atoms with Crippen LogP contribution in [0.3, 0.4) is 0 Å². The number of nitrogens with zero attached hydrogens (tertiary/aromatic N) is 2. The Labute approximate surface area is 201 Å². The minimum Gasteiger partial charge on any atom is -0.487 e. The van der Waals surface area contributed by atoms with Gasteiger partial charge < -0.3 is 25.2 Å². The van der Waals surface area contributed by atoms with Gasteiger partial charge in [-0.2, -0.15) is 0 Å². The zero-order valence-electron chi connectivity index (χ0n) is 19.8. The molecule has 2 fully saturated rings. The highest BCUT2D eigenvalue weighted by Gasteiger charge is 2.43. The maximum absolute atomic E-state index is 13.3. The molecule has 2 saturated heterocycles. The summed E-state index contributed by atoms with van der Waals surface area (Å²) in [6, 6.07) is 17.4. The van der Waals surface area contributed by atoms with Crippen LogP contribution in [0.2, 0.25) is 0 Å². The van der Waals surface area contributed by atoms with E-state index in [1.54, 1.807) is 4.90 Å². The van der Waals surface area contributed by atoms with Gasteiger partial charge in [0.25, 0.3) is 0 Å². The van der Waals surface area contributed by atoms with Crippen molar-refractivity contribution >= 4 is 17.6 Å². The molecule has 2 aromatic rings. The fourth-order valence-corrected chi connectivity index (χ4v) is 5.44. The van der Waals surface area contributed by atoms with Crippen molar-refractivity contribution in [2.75, 3.05) is 38.5 Å². The van der Waals surface area contributed by atoms with Crippen LogP contribution in [0.4, 0.5) is 10.5 Å². The lowest BCUT2D eigenvalue weighted by atomic mass is 9.80. The molecular weight excluding hydrogens is 428 g/mol. The molecule has 3 heterocycles. The van der Waals surface area contributed by atoms with Crippen LogP contribution in [-0.4, -0.2) is 60.6 Å². The minimum absolute atomic E-state index is 0.0414. The molecule has 34 heavy (non-hydrogen) atoms. The fraction of sp³-hybridized carbons (Fsp3) is 0.481. The van der Waals surface area contributed by atoms with Crippen LogP contribution in [-0.2, 0) is 4.79 Å². The Morgan fingerprint density at radius 3 is 2.35 bits per heavy atom. The van der Waals surface area contributed by atoms with E-state index in [9.17, 15) is 9.59 Å². The molecule has 0 unspecified atom stereocenters. The van der Waals surface area contributed by atoms with Gasteiger partial charge in [0, 0.05) is 49.8 Å². The number of fused-ring (bicyclic) bond motifs is 1. The molecule has 3 amide bonds. The lowest BCUT2D eigenvalue weighted by molar-refractivity contribution is -0.127. The highest BCUT2D eigenvalue weighted by molar-refractivity contribution is 5.89. The van der Waals surface area contributed by atoms with Crippen LogP contribution in [0.25, 0.3) is 0 Å². The van der Waals surface area contributed by atoms with Crippen molar-refractivity contribution in [2.45, 2.75) is 43.7 Å². The average Bonchev–Trinajstić information content (AvgIpc) is 2.87. The van der Waals surface area contributed by atoms with E-state index in [-0.39, 0.29) is 29.5 Å². The molecule has 7 heteroatoms. The number of urea groups is 1. The van der Waals surface area contributed by atoms with E-state index >= 15 is 0 Å². The third-order valence-corrected chi connectivity index (χ3v) is 7.59. The van der Waals surface area contributed by atoms with Gasteiger partial charge in [-0.05, 0) is 50.9 Å². The smallest absolute Gasteiger partial charge is 0.321 e. The lowest BCUT2D eigenvalue weighted by Gasteiger charge is -2.46. The van der Waals surface area contributed by atoms with E-state index in [0.717, 1.165) is 49.4 Å². The number of piperidine rings is 2. The first-order chi connectivity index (χ1) is 16.5. The van der Waals surface area contributed by atoms with Gasteiger partial charge in [-0.25, -0.2) is 4.79 Å². The van der Waals surface area contributed by atoms with Crippen molar-refractivity contribution in [3.63, 3.8) is 0 Å². The maximum atomic E-state index is 13.3. The number of rotatable bonds is 3. The third kappa shape index (κ3) is 4.89. The number of hydrogen-bond donors (Lipinski definition) is 2. The topological polar surface area (TPSA) is 73.9 Å². The van der Waals surface area contributed by atoms with Crippen molar-refractivity contribution in [1.82, 2.24) is 15.1 Å². The molecule has 5 rings (SSSR count). The molecule has 2 N–H and O–H groups in total. The molecule has 1 spiro atoms. The number of likely N-dealkylation sites (tertiary alicyclic amines) is 2. The van der Waals surface area contributed by atoms with Gasteiger partial charge in [0.1, 0.15) is 11.4 Å². The van der Waals surface area contributed by atoms with E-state index in [1.165, 1.54) is 0 Å². The van der Waals surface area contributed by atoms with Crippen molar-refractivity contribution < 1.29 is 14.3 Å². The fourth-order valence-electron chi connectivity index (χ4n) is 5.44. The number of anilines is 1. The summed E-state index contributed by atoms with van der Waals surface area (Å²) in [7, 11) is 2.15. The number of carbonyl (C=O) groups excluding carboxylic acids is 2. The Morgan fingerprint density at radius 2 is 1.62 bits per heavy atom. The Morgan fingerprint density at radius 1 is 0.941 bits per heavy atom. The van der Waals surface area contributed by atoms with Crippen molar-refractivity contribution in [3.8, 4) is 5.75 Å². The molecule has 0 aromatic heterocycles. The molecule has 1 atom stereocenters. The maximum Gasteiger partial charge on any atom is 0.321 e. The monoisotopic (exact) mass is 462 g/mol. The summed E-state index contributed by atoms with van der Waals surface area (Å²) in [5.41, 5.74) is 1.64. The predicted octanol–water partition coefficient (Wildman–Crippen LogP) is 4.03. The third-order valence-electron chi connectivity index (χ3n) is 7.59. The second-order valence-corrected chi connectivity index (χ2v) is 9.95. The number of hydrogen-bond acceptors (Lipinski definition) is 4. The van der Waals surface area contributed by atoms with Crippen LogP contribution in [0, 0.1) is 5.92 Å². The number of ether oxygens (including phenoxy) is 1. The van der Waals surface area contributed by atoms with Crippen molar-refractivity contribution in [3.05, 3.63) is 60.2 Å². The van der Waals surface area contributed by atoms with Gasteiger partial charge in [-0.3, -0.25) is 4.79 Å². The molecule has 0 bridgehead atoms. The summed E-state index contributed by atoms with van der Waals surface area (Å²) in [5, 5.41) is 6.30. The first-order valence-corrected chi connectivity index (χ1v) is 12.4. The summed E-state index contributed by atoms with van der Waals surface area (Å²) < 4.78 is 6.53. The molecule has 0 saturated carbocycles. The second-order valence-electron chi connectivity index (χ2n) is 9.95. The Hall–Kier alpha value is -3.06. The van der Waals surface area contributed by atoms with Gasteiger partial charge >= 0.3 is 6.03 Å². The molecule has 0 aliphatic carbocycles. The van der Waals surface area contributed by atoms with Gasteiger partial charge in [0.2, 0.25) is 5.91 Å². The molecule has 2 aromatic carbocycles. The second kappa shape index (κ2) is 9.66. The first kappa shape index (κ1) is 22.7. The predicted molar refractivity (Wildman–Crippen MR) is 132 cm³/mol. The molecule has 7 nitrogen and oxygen atoms in total. The number of carbonyl (C=O) groups is 2. The van der Waals surface area contributed by atoms with E-state index in [2.05, 4.69) is 28.6 Å². The largest absolute Gasteiger partial charge is 0.487 e. The van der Waals surface area contributed by atoms with E-state index in [0.29, 0.717) is 25.9 Å². The number of amides is 3. The van der Waals surface area contributed by atoms with E-state index in [4.69, 9.17) is 4.74 Å². The SMILES string of the molecule is CN1CCC2(CC1)C[C@H](NC(=O)C1CCN(C(=O)Nc3ccccc3)CC1)c1ccccc1O2. The molecule has 3 aliphatic heterocycles. The Bertz CT molecular complexity index is 1010. The van der Waals surface area contributed by atoms with Crippen LogP contribution < -0.4 is 15.4 Å². The van der Waals surface area contributed by atoms with Crippen molar-refractivity contribution in [1.29, 1.82) is 0 Å². The molecule has 3 aliphatic rings. The highest BCUT2D eigenvalue weighted by Crippen LogP contribution is 2.44. The lowest BCUT2D eigenvalue weighted by Crippen LogP contribution is -2.52. The Kier molecular flexibility index (Phi) is 6.46. The van der Waals surface area contributed by atoms with E-state index in [1.807, 2.05) is 48.5 Å². The molecule has 0 radical (unpaired) electrons. The summed E-state index contributed by atoms with van der Waals surface area (Å²) >= 11 is 0. The van der Waals surface area contributed by atoms with Crippen LogP contribution >= 0.6 is 0 Å². The Balaban J connectivity index is 1.20. The summed E-state index contributed by atoms with van der Waals surface area (Å²) in [5.74, 6) is 0.910. The van der Waals surface area contributed by atoms with Gasteiger partial charge in [0.15, 0.2) is 0 Å². The van der Waals surface area contributed by atoms with Crippen molar-refractivity contribution in [2.24, 2.45) is 5.92 Å². The first-order valence-electron chi connectivity index (χ1n) is 12.4. The zero-order valence-corrected chi connectivity index (χ0v) is 19.8.